The van der Waals surface area contributed by atoms with Crippen LogP contribution in [0, 0.1) is 0 Å². The van der Waals surface area contributed by atoms with Gasteiger partial charge in [-0.15, -0.1) is 0 Å². The third-order valence-electron chi connectivity index (χ3n) is 4.55. The summed E-state index contributed by atoms with van der Waals surface area (Å²) in [5, 5.41) is 0. The van der Waals surface area contributed by atoms with E-state index in [0.717, 1.165) is 18.5 Å². The number of nitrogens with zero attached hydrogens (tertiary/aromatic N) is 2. The predicted octanol–water partition coefficient (Wildman–Crippen LogP) is 2.53. The number of carbonyl (C=O) groups is 2. The molecule has 5 nitrogen and oxygen atoms in total. The summed E-state index contributed by atoms with van der Waals surface area (Å²) in [7, 11) is 1.73. The van der Waals surface area contributed by atoms with Crippen LogP contribution in [0.25, 0.3) is 0 Å². The summed E-state index contributed by atoms with van der Waals surface area (Å²) in [4.78, 5) is 28.8. The molecule has 130 valence electrons. The molecular formula is C20H23N3O2. The van der Waals surface area contributed by atoms with Crippen molar-refractivity contribution in [3.63, 3.8) is 0 Å². The van der Waals surface area contributed by atoms with E-state index in [1.165, 1.54) is 0 Å². The highest BCUT2D eigenvalue weighted by molar-refractivity contribution is 6.07. The van der Waals surface area contributed by atoms with Crippen molar-refractivity contribution in [3.05, 3.63) is 65.7 Å². The first-order valence-electron chi connectivity index (χ1n) is 8.54. The molecular weight excluding hydrogens is 314 g/mol. The largest absolute Gasteiger partial charge is 0.337 e. The van der Waals surface area contributed by atoms with E-state index in [1.54, 1.807) is 41.1 Å². The van der Waals surface area contributed by atoms with E-state index in [4.69, 9.17) is 5.73 Å². The number of para-hydroxylation sites is 1. The Bertz CT molecular complexity index is 761. The average molecular weight is 337 g/mol. The molecule has 0 spiro atoms. The van der Waals surface area contributed by atoms with Crippen molar-refractivity contribution >= 4 is 17.5 Å². The van der Waals surface area contributed by atoms with Gasteiger partial charge in [-0.25, -0.2) is 0 Å². The minimum Gasteiger partial charge on any atom is -0.337 e. The lowest BCUT2D eigenvalue weighted by molar-refractivity contribution is 0.0709. The summed E-state index contributed by atoms with van der Waals surface area (Å²) in [5.41, 5.74) is 7.81. The number of hydrogen-bond donors (Lipinski definition) is 1. The standard InChI is InChI=1S/C20H23N3O2/c1-22(18-10-3-2-4-11-18)19(24)15-7-5-8-16(13-15)20(25)23-12-6-9-17(21)14-23/h2-5,7-8,10-11,13,17H,6,9,12,14,21H2,1H3/t17-/m1/s1. The molecule has 3 rings (SSSR count). The van der Waals surface area contributed by atoms with Gasteiger partial charge < -0.3 is 15.5 Å². The van der Waals surface area contributed by atoms with Crippen molar-refractivity contribution in [2.75, 3.05) is 25.0 Å². The van der Waals surface area contributed by atoms with Crippen LogP contribution in [0.15, 0.2) is 54.6 Å². The summed E-state index contributed by atoms with van der Waals surface area (Å²) in [6.45, 7) is 1.29. The van der Waals surface area contributed by atoms with Crippen LogP contribution >= 0.6 is 0 Å². The molecule has 0 bridgehead atoms. The SMILES string of the molecule is CN(C(=O)c1cccc(C(=O)N2CCC[C@@H](N)C2)c1)c1ccccc1. The second kappa shape index (κ2) is 7.49. The highest BCUT2D eigenvalue weighted by atomic mass is 16.2. The van der Waals surface area contributed by atoms with Gasteiger partial charge in [0.25, 0.3) is 11.8 Å². The van der Waals surface area contributed by atoms with Crippen LogP contribution < -0.4 is 10.6 Å². The van der Waals surface area contributed by atoms with Gasteiger partial charge in [0.1, 0.15) is 0 Å². The number of amides is 2. The Labute approximate surface area is 148 Å². The normalized spacial score (nSPS) is 17.2. The molecule has 1 fully saturated rings. The van der Waals surface area contributed by atoms with Gasteiger partial charge in [-0.3, -0.25) is 9.59 Å². The molecule has 0 unspecified atom stereocenters. The first-order chi connectivity index (χ1) is 12.1. The Hall–Kier alpha value is -2.66. The topological polar surface area (TPSA) is 66.6 Å². The minimum atomic E-state index is -0.142. The van der Waals surface area contributed by atoms with Gasteiger partial charge >= 0.3 is 0 Å². The molecule has 1 aliphatic rings. The molecule has 0 radical (unpaired) electrons. The lowest BCUT2D eigenvalue weighted by Gasteiger charge is -2.31. The maximum atomic E-state index is 12.7. The molecule has 1 saturated heterocycles. The number of anilines is 1. The Morgan fingerprint density at radius 3 is 2.52 bits per heavy atom. The van der Waals surface area contributed by atoms with Gasteiger partial charge in [0.05, 0.1) is 0 Å². The van der Waals surface area contributed by atoms with Crippen LogP contribution in [-0.2, 0) is 0 Å². The van der Waals surface area contributed by atoms with Crippen molar-refractivity contribution in [1.82, 2.24) is 4.90 Å². The van der Waals surface area contributed by atoms with Crippen molar-refractivity contribution in [3.8, 4) is 0 Å². The third kappa shape index (κ3) is 3.88. The Kier molecular flexibility index (Phi) is 5.14. The summed E-state index contributed by atoms with van der Waals surface area (Å²) in [5.74, 6) is -0.205. The molecule has 1 aliphatic heterocycles. The molecule has 25 heavy (non-hydrogen) atoms. The minimum absolute atomic E-state index is 0.0340. The van der Waals surface area contributed by atoms with Crippen molar-refractivity contribution < 1.29 is 9.59 Å². The van der Waals surface area contributed by atoms with Crippen LogP contribution in [0.2, 0.25) is 0 Å². The Balaban J connectivity index is 1.79. The lowest BCUT2D eigenvalue weighted by Crippen LogP contribution is -2.45. The number of piperidine rings is 1. The van der Waals surface area contributed by atoms with Crippen molar-refractivity contribution in [2.45, 2.75) is 18.9 Å². The predicted molar refractivity (Wildman–Crippen MR) is 98.7 cm³/mol. The van der Waals surface area contributed by atoms with Crippen LogP contribution in [-0.4, -0.2) is 42.9 Å². The fraction of sp³-hybridized carbons (Fsp3) is 0.300. The van der Waals surface area contributed by atoms with Gasteiger partial charge in [-0.05, 0) is 43.2 Å². The highest BCUT2D eigenvalue weighted by Crippen LogP contribution is 2.17. The van der Waals surface area contributed by atoms with Crippen LogP contribution in [0.5, 0.6) is 0 Å². The fourth-order valence-corrected chi connectivity index (χ4v) is 3.12. The first kappa shape index (κ1) is 17.2. The molecule has 0 aliphatic carbocycles. The van der Waals surface area contributed by atoms with Gasteiger partial charge in [-0.2, -0.15) is 0 Å². The van der Waals surface area contributed by atoms with E-state index in [2.05, 4.69) is 0 Å². The van der Waals surface area contributed by atoms with E-state index in [1.807, 2.05) is 30.3 Å². The molecule has 1 heterocycles. The third-order valence-corrected chi connectivity index (χ3v) is 4.55. The van der Waals surface area contributed by atoms with E-state index < -0.39 is 0 Å². The second-order valence-corrected chi connectivity index (χ2v) is 6.43. The first-order valence-corrected chi connectivity index (χ1v) is 8.54. The number of hydrogen-bond acceptors (Lipinski definition) is 3. The quantitative estimate of drug-likeness (QED) is 0.936. The molecule has 5 heteroatoms. The van der Waals surface area contributed by atoms with Crippen molar-refractivity contribution in [1.29, 1.82) is 0 Å². The molecule has 2 aromatic carbocycles. The molecule has 0 aromatic heterocycles. The second-order valence-electron chi connectivity index (χ2n) is 6.43. The van der Waals surface area contributed by atoms with Gasteiger partial charge in [0, 0.05) is 43.0 Å². The van der Waals surface area contributed by atoms with E-state index in [0.29, 0.717) is 24.2 Å². The summed E-state index contributed by atoms with van der Waals surface area (Å²) in [6.07, 6.45) is 1.87. The zero-order chi connectivity index (χ0) is 17.8. The van der Waals surface area contributed by atoms with Gasteiger partial charge in [0.15, 0.2) is 0 Å². The molecule has 2 N–H and O–H groups in total. The van der Waals surface area contributed by atoms with E-state index >= 15 is 0 Å². The lowest BCUT2D eigenvalue weighted by atomic mass is 10.0. The zero-order valence-corrected chi connectivity index (χ0v) is 14.4. The van der Waals surface area contributed by atoms with Gasteiger partial charge in [0.2, 0.25) is 0 Å². The van der Waals surface area contributed by atoms with Crippen LogP contribution in [0.3, 0.4) is 0 Å². The van der Waals surface area contributed by atoms with Gasteiger partial charge in [-0.1, -0.05) is 24.3 Å². The smallest absolute Gasteiger partial charge is 0.258 e. The number of carbonyl (C=O) groups excluding carboxylic acids is 2. The van der Waals surface area contributed by atoms with Crippen LogP contribution in [0.1, 0.15) is 33.6 Å². The molecule has 0 saturated carbocycles. The number of likely N-dealkylation sites (tertiary alicyclic amines) is 1. The number of rotatable bonds is 3. The molecule has 2 aromatic rings. The monoisotopic (exact) mass is 337 g/mol. The van der Waals surface area contributed by atoms with Crippen molar-refractivity contribution in [2.24, 2.45) is 5.73 Å². The Morgan fingerprint density at radius 2 is 1.80 bits per heavy atom. The summed E-state index contributed by atoms with van der Waals surface area (Å²) < 4.78 is 0. The molecule has 2 amide bonds. The van der Waals surface area contributed by atoms with E-state index in [9.17, 15) is 9.59 Å². The zero-order valence-electron chi connectivity index (χ0n) is 14.4. The summed E-state index contributed by atoms with van der Waals surface area (Å²) >= 11 is 0. The average Bonchev–Trinajstić information content (AvgIpc) is 2.67. The fourth-order valence-electron chi connectivity index (χ4n) is 3.12. The van der Waals surface area contributed by atoms with E-state index in [-0.39, 0.29) is 17.9 Å². The number of nitrogens with two attached hydrogens (primary N) is 1. The number of benzene rings is 2. The molecule has 1 atom stereocenters. The Morgan fingerprint density at radius 1 is 1.08 bits per heavy atom. The summed E-state index contributed by atoms with van der Waals surface area (Å²) in [6, 6.07) is 16.4. The highest BCUT2D eigenvalue weighted by Gasteiger charge is 2.23. The maximum absolute atomic E-state index is 12.7. The van der Waals surface area contributed by atoms with Crippen LogP contribution in [0.4, 0.5) is 5.69 Å². The maximum Gasteiger partial charge on any atom is 0.258 e.